The van der Waals surface area contributed by atoms with Crippen LogP contribution in [0.3, 0.4) is 0 Å². The van der Waals surface area contributed by atoms with Crippen LogP contribution in [0.1, 0.15) is 0 Å². The predicted molar refractivity (Wildman–Crippen MR) is 63.2 cm³/mol. The van der Waals surface area contributed by atoms with E-state index in [4.69, 9.17) is 25.0 Å². The van der Waals surface area contributed by atoms with Crippen LogP contribution < -0.4 is 9.26 Å². The molecule has 88 valence electrons. The van der Waals surface area contributed by atoms with Gasteiger partial charge >= 0.3 is 6.95 Å². The fourth-order valence-electron chi connectivity index (χ4n) is 0.980. The first-order valence-electron chi connectivity index (χ1n) is 4.47. The fourth-order valence-corrected chi connectivity index (χ4v) is 2.09. The van der Waals surface area contributed by atoms with Crippen LogP contribution in [-0.2, 0) is 9.09 Å². The van der Waals surface area contributed by atoms with E-state index in [1.54, 1.807) is 24.3 Å². The number of halogens is 1. The summed E-state index contributed by atoms with van der Waals surface area (Å²) in [6, 6.07) is 6.72. The maximum absolute atomic E-state index is 11.6. The average Bonchev–Trinajstić information content (AvgIpc) is 2.27. The minimum absolute atomic E-state index is 0.0515. The van der Waals surface area contributed by atoms with Crippen molar-refractivity contribution >= 4 is 18.2 Å². The van der Waals surface area contributed by atoms with Gasteiger partial charge in [-0.3, -0.25) is 4.52 Å². The van der Waals surface area contributed by atoms with Crippen LogP contribution in [0.4, 0.5) is 0 Å². The summed E-state index contributed by atoms with van der Waals surface area (Å²) in [5, 5.41) is 0. The molecule has 0 heterocycles. The van der Waals surface area contributed by atoms with E-state index in [-0.39, 0.29) is 12.4 Å². The highest BCUT2D eigenvalue weighted by atomic mass is 35.7. The van der Waals surface area contributed by atoms with Gasteiger partial charge in [0.05, 0.1) is 13.7 Å². The molecule has 0 aromatic heterocycles. The number of hydrogen-bond acceptors (Lipinski definition) is 4. The lowest BCUT2D eigenvalue weighted by molar-refractivity contribution is 0.303. The molecule has 0 saturated carbocycles. The Morgan fingerprint density at radius 1 is 1.44 bits per heavy atom. The zero-order chi connectivity index (χ0) is 12.0. The lowest BCUT2D eigenvalue weighted by Gasteiger charge is -2.13. The maximum Gasteiger partial charge on any atom is 0.477 e. The molecule has 0 aliphatic carbocycles. The minimum atomic E-state index is -3.65. The third-order valence-corrected chi connectivity index (χ3v) is 3.00. The highest BCUT2D eigenvalue weighted by Crippen LogP contribution is 2.54. The van der Waals surface area contributed by atoms with Crippen molar-refractivity contribution in [3.8, 4) is 11.5 Å². The van der Waals surface area contributed by atoms with Gasteiger partial charge in [0, 0.05) is 11.2 Å². The molecular formula is C10H12ClO4P. The van der Waals surface area contributed by atoms with E-state index in [9.17, 15) is 4.57 Å². The third kappa shape index (κ3) is 3.89. The van der Waals surface area contributed by atoms with E-state index >= 15 is 0 Å². The molecule has 0 spiro atoms. The summed E-state index contributed by atoms with van der Waals surface area (Å²) in [5.74, 6) is 0.706. The molecule has 1 atom stereocenters. The number of hydrogen-bond donors (Lipinski definition) is 0. The molecule has 0 radical (unpaired) electrons. The van der Waals surface area contributed by atoms with Crippen molar-refractivity contribution in [2.75, 3.05) is 13.7 Å². The molecule has 0 N–H and O–H groups in total. The highest BCUT2D eigenvalue weighted by Gasteiger charge is 2.23. The Labute approximate surface area is 99.1 Å². The van der Waals surface area contributed by atoms with E-state index in [1.807, 2.05) is 0 Å². The van der Waals surface area contributed by atoms with E-state index in [2.05, 4.69) is 6.58 Å². The van der Waals surface area contributed by atoms with Crippen LogP contribution in [0.15, 0.2) is 36.9 Å². The van der Waals surface area contributed by atoms with E-state index in [0.29, 0.717) is 5.75 Å². The quantitative estimate of drug-likeness (QED) is 0.580. The van der Waals surface area contributed by atoms with Gasteiger partial charge in [-0.05, 0) is 12.1 Å². The number of rotatable bonds is 6. The Kier molecular flexibility index (Phi) is 4.87. The summed E-state index contributed by atoms with van der Waals surface area (Å²) in [5.41, 5.74) is 0. The number of ether oxygens (including phenoxy) is 1. The van der Waals surface area contributed by atoms with Gasteiger partial charge in [0.25, 0.3) is 0 Å². The van der Waals surface area contributed by atoms with Gasteiger partial charge in [0.15, 0.2) is 11.5 Å². The Hall–Kier alpha value is -0.960. The SMILES string of the molecule is C=CCOP(=O)(Cl)Oc1ccccc1OC. The molecule has 6 heteroatoms. The first kappa shape index (κ1) is 13.1. The van der Waals surface area contributed by atoms with Crippen molar-refractivity contribution in [1.82, 2.24) is 0 Å². The summed E-state index contributed by atoms with van der Waals surface area (Å²) in [7, 11) is 1.48. The van der Waals surface area contributed by atoms with Crippen molar-refractivity contribution in [2.45, 2.75) is 0 Å². The van der Waals surface area contributed by atoms with Crippen LogP contribution in [0.2, 0.25) is 0 Å². The third-order valence-electron chi connectivity index (χ3n) is 1.62. The standard InChI is InChI=1S/C10H12ClO4P/c1-3-8-14-16(11,12)15-10-7-5-4-6-9(10)13-2/h3-7H,1,8H2,2H3. The second-order valence-corrected chi connectivity index (χ2v) is 5.30. The molecular weight excluding hydrogens is 251 g/mol. The topological polar surface area (TPSA) is 44.8 Å². The van der Waals surface area contributed by atoms with Gasteiger partial charge in [0.2, 0.25) is 0 Å². The molecule has 0 aliphatic heterocycles. The average molecular weight is 263 g/mol. The van der Waals surface area contributed by atoms with Crippen LogP contribution in [0.5, 0.6) is 11.5 Å². The second kappa shape index (κ2) is 5.94. The molecule has 1 rings (SSSR count). The maximum atomic E-state index is 11.6. The van der Waals surface area contributed by atoms with E-state index in [0.717, 1.165) is 0 Å². The summed E-state index contributed by atoms with van der Waals surface area (Å²) in [4.78, 5) is 0. The lowest BCUT2D eigenvalue weighted by Crippen LogP contribution is -1.95. The van der Waals surface area contributed by atoms with Crippen LogP contribution >= 0.6 is 18.2 Å². The Morgan fingerprint density at radius 3 is 2.62 bits per heavy atom. The first-order valence-corrected chi connectivity index (χ1v) is 6.91. The zero-order valence-corrected chi connectivity index (χ0v) is 10.4. The molecule has 0 aliphatic rings. The van der Waals surface area contributed by atoms with Crippen LogP contribution in [0, 0.1) is 0 Å². The van der Waals surface area contributed by atoms with Crippen LogP contribution in [-0.4, -0.2) is 13.7 Å². The van der Waals surface area contributed by atoms with Gasteiger partial charge in [-0.25, -0.2) is 4.57 Å². The first-order chi connectivity index (χ1) is 7.59. The normalized spacial score (nSPS) is 13.9. The molecule has 4 nitrogen and oxygen atoms in total. The lowest BCUT2D eigenvalue weighted by atomic mass is 10.3. The van der Waals surface area contributed by atoms with E-state index < -0.39 is 6.95 Å². The highest BCUT2D eigenvalue weighted by molar-refractivity contribution is 7.81. The Bertz CT molecular complexity index is 408. The summed E-state index contributed by atoms with van der Waals surface area (Å²) >= 11 is 5.59. The summed E-state index contributed by atoms with van der Waals surface area (Å²) in [6.45, 7) is -0.179. The second-order valence-electron chi connectivity index (χ2n) is 2.76. The van der Waals surface area contributed by atoms with Crippen LogP contribution in [0.25, 0.3) is 0 Å². The van der Waals surface area contributed by atoms with Crippen molar-refractivity contribution in [3.05, 3.63) is 36.9 Å². The summed E-state index contributed by atoms with van der Waals surface area (Å²) < 4.78 is 26.5. The Balaban J connectivity index is 2.78. The molecule has 0 bridgehead atoms. The fraction of sp³-hybridized carbons (Fsp3) is 0.200. The minimum Gasteiger partial charge on any atom is -0.493 e. The molecule has 1 aromatic rings. The Morgan fingerprint density at radius 2 is 2.06 bits per heavy atom. The van der Waals surface area contributed by atoms with Gasteiger partial charge < -0.3 is 9.26 Å². The van der Waals surface area contributed by atoms with Gasteiger partial charge in [-0.1, -0.05) is 18.2 Å². The largest absolute Gasteiger partial charge is 0.493 e. The van der Waals surface area contributed by atoms with Gasteiger partial charge in [0.1, 0.15) is 0 Å². The van der Waals surface area contributed by atoms with Crippen molar-refractivity contribution in [3.63, 3.8) is 0 Å². The molecule has 1 aromatic carbocycles. The summed E-state index contributed by atoms with van der Waals surface area (Å²) in [6.07, 6.45) is 1.43. The molecule has 16 heavy (non-hydrogen) atoms. The molecule has 0 amide bonds. The number of methoxy groups -OCH3 is 1. The molecule has 0 saturated heterocycles. The van der Waals surface area contributed by atoms with Crippen molar-refractivity contribution in [1.29, 1.82) is 0 Å². The van der Waals surface area contributed by atoms with Crippen molar-refractivity contribution in [2.24, 2.45) is 0 Å². The predicted octanol–water partition coefficient (Wildman–Crippen LogP) is 3.62. The molecule has 0 fully saturated rings. The number of para-hydroxylation sites is 2. The van der Waals surface area contributed by atoms with Gasteiger partial charge in [-0.15, -0.1) is 6.58 Å². The smallest absolute Gasteiger partial charge is 0.477 e. The van der Waals surface area contributed by atoms with Gasteiger partial charge in [-0.2, -0.15) is 0 Å². The number of benzene rings is 1. The molecule has 1 unspecified atom stereocenters. The zero-order valence-electron chi connectivity index (χ0n) is 8.76. The monoisotopic (exact) mass is 262 g/mol. The van der Waals surface area contributed by atoms with Crippen molar-refractivity contribution < 1.29 is 18.3 Å². The van der Waals surface area contributed by atoms with E-state index in [1.165, 1.54) is 13.2 Å².